The fourth-order valence-corrected chi connectivity index (χ4v) is 6.05. The Bertz CT molecular complexity index is 1050. The maximum atomic E-state index is 13.3. The van der Waals surface area contributed by atoms with Gasteiger partial charge in [-0.3, -0.25) is 19.1 Å². The van der Waals surface area contributed by atoms with Crippen molar-refractivity contribution in [2.75, 3.05) is 24.5 Å². The summed E-state index contributed by atoms with van der Waals surface area (Å²) in [5.41, 5.74) is 1.33. The fraction of sp³-hybridized carbons (Fsp3) is 0.615. The molecule has 2 saturated heterocycles. The first-order valence-corrected chi connectivity index (χ1v) is 13.8. The summed E-state index contributed by atoms with van der Waals surface area (Å²) in [5, 5.41) is 9.75. The standard InChI is InChI=1S/C26H36N4O2S2/c1-4-6-7-8-13-16-30-25(32)22(34-26(30)33)17-20-19(3)21(18-27)24(31)29(5-2)23(20)28-14-11-9-10-12-15-28/h17H,4-16H2,1-3H3. The Balaban J connectivity index is 2.01. The number of thiocarbonyl (C=S) groups is 1. The Morgan fingerprint density at radius 3 is 2.35 bits per heavy atom. The molecule has 0 N–H and O–H groups in total. The van der Waals surface area contributed by atoms with Crippen molar-refractivity contribution in [2.45, 2.75) is 85.1 Å². The van der Waals surface area contributed by atoms with Crippen molar-refractivity contribution in [3.05, 3.63) is 31.9 Å². The van der Waals surface area contributed by atoms with E-state index in [1.165, 1.54) is 43.9 Å². The molecule has 0 spiro atoms. The van der Waals surface area contributed by atoms with Crippen molar-refractivity contribution in [3.63, 3.8) is 0 Å². The van der Waals surface area contributed by atoms with Crippen LogP contribution in [-0.4, -0.2) is 39.3 Å². The number of hydrogen-bond acceptors (Lipinski definition) is 6. The number of aromatic nitrogens is 1. The molecule has 0 unspecified atom stereocenters. The van der Waals surface area contributed by atoms with Crippen LogP contribution in [0.3, 0.4) is 0 Å². The number of anilines is 1. The molecule has 1 aromatic rings. The number of nitrogens with zero attached hydrogens (tertiary/aromatic N) is 4. The van der Waals surface area contributed by atoms with E-state index in [0.717, 1.165) is 50.2 Å². The maximum absolute atomic E-state index is 13.3. The number of nitriles is 1. The van der Waals surface area contributed by atoms with Gasteiger partial charge < -0.3 is 4.90 Å². The second kappa shape index (κ2) is 12.6. The lowest BCUT2D eigenvalue weighted by Gasteiger charge is -2.29. The zero-order valence-corrected chi connectivity index (χ0v) is 22.3. The Labute approximate surface area is 213 Å². The number of unbranched alkanes of at least 4 members (excludes halogenated alkanes) is 4. The van der Waals surface area contributed by atoms with E-state index >= 15 is 0 Å². The van der Waals surface area contributed by atoms with Crippen LogP contribution in [0.5, 0.6) is 0 Å². The summed E-state index contributed by atoms with van der Waals surface area (Å²) < 4.78 is 2.29. The summed E-state index contributed by atoms with van der Waals surface area (Å²) in [4.78, 5) is 31.0. The molecular weight excluding hydrogens is 464 g/mol. The van der Waals surface area contributed by atoms with Crippen molar-refractivity contribution < 1.29 is 4.79 Å². The van der Waals surface area contributed by atoms with E-state index in [4.69, 9.17) is 12.2 Å². The van der Waals surface area contributed by atoms with Crippen LogP contribution in [0.2, 0.25) is 0 Å². The molecule has 2 fully saturated rings. The summed E-state index contributed by atoms with van der Waals surface area (Å²) in [6, 6.07) is 2.11. The molecule has 3 heterocycles. The summed E-state index contributed by atoms with van der Waals surface area (Å²) in [5.74, 6) is 0.759. The molecule has 0 aliphatic carbocycles. The highest BCUT2D eigenvalue weighted by Crippen LogP contribution is 2.36. The SMILES string of the molecule is CCCCCCCN1C(=O)C(=Cc2c(C)c(C#N)c(=O)n(CC)c2N2CCCCCC2)SC1=S. The number of carbonyl (C=O) groups excluding carboxylic acids is 1. The van der Waals surface area contributed by atoms with Gasteiger partial charge in [-0.15, -0.1) is 0 Å². The molecule has 0 saturated carbocycles. The predicted molar refractivity (Wildman–Crippen MR) is 145 cm³/mol. The molecule has 0 radical (unpaired) electrons. The van der Waals surface area contributed by atoms with Crippen LogP contribution < -0.4 is 10.5 Å². The van der Waals surface area contributed by atoms with Gasteiger partial charge in [0.2, 0.25) is 0 Å². The zero-order valence-electron chi connectivity index (χ0n) is 20.7. The van der Waals surface area contributed by atoms with Crippen LogP contribution in [0.15, 0.2) is 9.70 Å². The van der Waals surface area contributed by atoms with Crippen LogP contribution >= 0.6 is 24.0 Å². The van der Waals surface area contributed by atoms with Gasteiger partial charge in [-0.05, 0) is 44.7 Å². The quantitative estimate of drug-likeness (QED) is 0.250. The summed E-state index contributed by atoms with van der Waals surface area (Å²) in [6.07, 6.45) is 12.0. The third-order valence-corrected chi connectivity index (χ3v) is 8.08. The molecule has 8 heteroatoms. The first kappa shape index (κ1) is 26.5. The van der Waals surface area contributed by atoms with Gasteiger partial charge in [0.1, 0.15) is 21.8 Å². The molecule has 2 aliphatic rings. The highest BCUT2D eigenvalue weighted by atomic mass is 32.2. The van der Waals surface area contributed by atoms with Gasteiger partial charge in [0.25, 0.3) is 11.5 Å². The Morgan fingerprint density at radius 1 is 1.06 bits per heavy atom. The first-order valence-electron chi connectivity index (χ1n) is 12.6. The first-order chi connectivity index (χ1) is 16.4. The minimum Gasteiger partial charge on any atom is -0.357 e. The lowest BCUT2D eigenvalue weighted by atomic mass is 10.0. The second-order valence-corrected chi connectivity index (χ2v) is 10.7. The monoisotopic (exact) mass is 500 g/mol. The van der Waals surface area contributed by atoms with Gasteiger partial charge in [-0.25, -0.2) is 0 Å². The largest absolute Gasteiger partial charge is 0.357 e. The highest BCUT2D eigenvalue weighted by molar-refractivity contribution is 8.26. The van der Waals surface area contributed by atoms with Gasteiger partial charge in [-0.2, -0.15) is 5.26 Å². The van der Waals surface area contributed by atoms with Gasteiger partial charge in [0, 0.05) is 31.7 Å². The van der Waals surface area contributed by atoms with Crippen molar-refractivity contribution >= 4 is 46.1 Å². The fourth-order valence-electron chi connectivity index (χ4n) is 4.76. The summed E-state index contributed by atoms with van der Waals surface area (Å²) >= 11 is 6.87. The molecule has 3 rings (SSSR count). The van der Waals surface area contributed by atoms with E-state index in [1.807, 2.05) is 19.9 Å². The molecule has 0 bridgehead atoms. The number of carbonyl (C=O) groups is 1. The minimum atomic E-state index is -0.251. The normalized spacial score (nSPS) is 18.0. The summed E-state index contributed by atoms with van der Waals surface area (Å²) in [6.45, 7) is 8.78. The van der Waals surface area contributed by atoms with E-state index in [0.29, 0.717) is 27.9 Å². The lowest BCUT2D eigenvalue weighted by molar-refractivity contribution is -0.122. The molecule has 184 valence electrons. The molecular formula is C26H36N4O2S2. The average Bonchev–Trinajstić information content (AvgIpc) is 3.00. The van der Waals surface area contributed by atoms with Crippen LogP contribution in [0.4, 0.5) is 5.82 Å². The molecule has 0 aromatic carbocycles. The van der Waals surface area contributed by atoms with Gasteiger partial charge in [-0.1, -0.05) is 69.4 Å². The molecule has 0 atom stereocenters. The van der Waals surface area contributed by atoms with E-state index < -0.39 is 0 Å². The minimum absolute atomic E-state index is 0.0699. The topological polar surface area (TPSA) is 69.3 Å². The van der Waals surface area contributed by atoms with Crippen molar-refractivity contribution in [1.29, 1.82) is 5.26 Å². The van der Waals surface area contributed by atoms with Crippen LogP contribution in [0.1, 0.15) is 88.3 Å². The van der Waals surface area contributed by atoms with Crippen molar-refractivity contribution in [2.24, 2.45) is 0 Å². The van der Waals surface area contributed by atoms with E-state index in [9.17, 15) is 14.9 Å². The maximum Gasteiger partial charge on any atom is 0.270 e. The molecule has 6 nitrogen and oxygen atoms in total. The van der Waals surface area contributed by atoms with Crippen LogP contribution in [-0.2, 0) is 11.3 Å². The predicted octanol–water partition coefficient (Wildman–Crippen LogP) is 5.60. The van der Waals surface area contributed by atoms with Gasteiger partial charge >= 0.3 is 0 Å². The average molecular weight is 501 g/mol. The molecule has 2 aliphatic heterocycles. The number of rotatable bonds is 9. The van der Waals surface area contributed by atoms with Crippen molar-refractivity contribution in [3.8, 4) is 6.07 Å². The third-order valence-electron chi connectivity index (χ3n) is 6.70. The number of thioether (sulfide) groups is 1. The molecule has 1 aromatic heterocycles. The Hall–Kier alpha value is -2.11. The number of amides is 1. The van der Waals surface area contributed by atoms with Crippen LogP contribution in [0.25, 0.3) is 6.08 Å². The molecule has 34 heavy (non-hydrogen) atoms. The van der Waals surface area contributed by atoms with E-state index in [1.54, 1.807) is 9.47 Å². The van der Waals surface area contributed by atoms with Gasteiger partial charge in [0.05, 0.1) is 4.91 Å². The lowest BCUT2D eigenvalue weighted by Crippen LogP contribution is -2.35. The van der Waals surface area contributed by atoms with E-state index in [2.05, 4.69) is 17.9 Å². The Morgan fingerprint density at radius 2 is 1.74 bits per heavy atom. The Kier molecular flexibility index (Phi) is 9.78. The van der Waals surface area contributed by atoms with Crippen molar-refractivity contribution in [1.82, 2.24) is 9.47 Å². The van der Waals surface area contributed by atoms with Gasteiger partial charge in [0.15, 0.2) is 0 Å². The smallest absolute Gasteiger partial charge is 0.270 e. The molecule has 1 amide bonds. The number of hydrogen-bond donors (Lipinski definition) is 0. The van der Waals surface area contributed by atoms with E-state index in [-0.39, 0.29) is 17.0 Å². The second-order valence-electron chi connectivity index (χ2n) is 9.05. The third kappa shape index (κ3) is 5.75. The number of pyridine rings is 1. The summed E-state index contributed by atoms with van der Waals surface area (Å²) in [7, 11) is 0. The highest BCUT2D eigenvalue weighted by Gasteiger charge is 2.33. The zero-order chi connectivity index (χ0) is 24.7. The van der Waals surface area contributed by atoms with Crippen LogP contribution in [0, 0.1) is 18.3 Å².